The zero-order chi connectivity index (χ0) is 22.2. The van der Waals surface area contributed by atoms with Gasteiger partial charge in [-0.15, -0.1) is 6.58 Å². The van der Waals surface area contributed by atoms with Crippen molar-refractivity contribution >= 4 is 29.5 Å². The summed E-state index contributed by atoms with van der Waals surface area (Å²) in [5.41, 5.74) is -0.577. The lowest BCUT2D eigenvalue weighted by atomic mass is 9.85. The third-order valence-electron chi connectivity index (χ3n) is 4.54. The van der Waals surface area contributed by atoms with Crippen LogP contribution in [0.15, 0.2) is 12.7 Å². The molecule has 0 saturated carbocycles. The van der Waals surface area contributed by atoms with E-state index in [0.717, 1.165) is 0 Å². The topological polar surface area (TPSA) is 137 Å². The largest absolute Gasteiger partial charge is 0.347 e. The van der Waals surface area contributed by atoms with E-state index < -0.39 is 47.7 Å². The Balaban J connectivity index is 2.79. The van der Waals surface area contributed by atoms with Crippen LogP contribution >= 0.6 is 0 Å². The monoisotopic (exact) mass is 409 g/mol. The summed E-state index contributed by atoms with van der Waals surface area (Å²) < 4.78 is 0. The molecule has 2 atom stereocenters. The summed E-state index contributed by atoms with van der Waals surface area (Å²) in [4.78, 5) is 62.2. The minimum atomic E-state index is -0.831. The molecule has 1 aliphatic rings. The van der Waals surface area contributed by atoms with Gasteiger partial charge >= 0.3 is 6.03 Å². The van der Waals surface area contributed by atoms with Crippen LogP contribution in [0, 0.1) is 5.41 Å². The van der Waals surface area contributed by atoms with Gasteiger partial charge in [0.1, 0.15) is 12.1 Å². The highest BCUT2D eigenvalue weighted by Crippen LogP contribution is 2.25. The van der Waals surface area contributed by atoms with Crippen LogP contribution in [-0.2, 0) is 19.2 Å². The van der Waals surface area contributed by atoms with Crippen molar-refractivity contribution in [1.29, 1.82) is 0 Å². The van der Waals surface area contributed by atoms with E-state index >= 15 is 0 Å². The first-order valence-corrected chi connectivity index (χ1v) is 9.51. The molecule has 0 spiro atoms. The minimum Gasteiger partial charge on any atom is -0.347 e. The van der Waals surface area contributed by atoms with Crippen molar-refractivity contribution in [3.05, 3.63) is 12.7 Å². The molecule has 5 amide bonds. The quantitative estimate of drug-likeness (QED) is 0.311. The highest BCUT2D eigenvalue weighted by Gasteiger charge is 2.41. The zero-order valence-corrected chi connectivity index (χ0v) is 17.5. The molecule has 1 heterocycles. The Bertz CT molecular complexity index is 670. The van der Waals surface area contributed by atoms with Gasteiger partial charge in [-0.1, -0.05) is 26.8 Å². The first-order valence-electron chi connectivity index (χ1n) is 9.51. The second-order valence-corrected chi connectivity index (χ2v) is 7.85. The van der Waals surface area contributed by atoms with Gasteiger partial charge in [0.2, 0.25) is 17.6 Å². The highest BCUT2D eigenvalue weighted by molar-refractivity contribution is 6.37. The fourth-order valence-corrected chi connectivity index (χ4v) is 2.95. The fourth-order valence-electron chi connectivity index (χ4n) is 2.95. The van der Waals surface area contributed by atoms with E-state index in [1.165, 1.54) is 18.0 Å². The standard InChI is InChI=1S/C19H31N5O5/c1-6-9-21-16(27)13(25)11-22-15(26)12-8-7-10-24(12)17(28)14(19(2,3)4)23-18(29)20-5/h6,12,14H,1,7-11H2,2-5H3,(H,21,27)(H,22,26)(H2,20,23,29). The molecular formula is C19H31N5O5. The number of hydrogen-bond donors (Lipinski definition) is 4. The summed E-state index contributed by atoms with van der Waals surface area (Å²) in [5, 5.41) is 9.83. The number of carbonyl (C=O) groups excluding carboxylic acids is 5. The van der Waals surface area contributed by atoms with Crippen LogP contribution in [0.3, 0.4) is 0 Å². The fraction of sp³-hybridized carbons (Fsp3) is 0.632. The van der Waals surface area contributed by atoms with E-state index in [0.29, 0.717) is 19.4 Å². The molecular weight excluding hydrogens is 378 g/mol. The Morgan fingerprint density at radius 3 is 2.38 bits per heavy atom. The van der Waals surface area contributed by atoms with E-state index in [9.17, 15) is 24.0 Å². The smallest absolute Gasteiger partial charge is 0.315 e. The molecule has 162 valence electrons. The van der Waals surface area contributed by atoms with Gasteiger partial charge in [-0.3, -0.25) is 19.2 Å². The lowest BCUT2D eigenvalue weighted by Crippen LogP contribution is -2.59. The van der Waals surface area contributed by atoms with E-state index in [4.69, 9.17) is 0 Å². The van der Waals surface area contributed by atoms with Crippen molar-refractivity contribution in [2.75, 3.05) is 26.7 Å². The number of hydrogen-bond acceptors (Lipinski definition) is 5. The molecule has 10 heteroatoms. The van der Waals surface area contributed by atoms with Crippen LogP contribution in [0.1, 0.15) is 33.6 Å². The average molecular weight is 409 g/mol. The number of rotatable bonds is 8. The number of amides is 5. The number of nitrogens with one attached hydrogen (secondary N) is 4. The zero-order valence-electron chi connectivity index (χ0n) is 17.5. The maximum absolute atomic E-state index is 13.1. The van der Waals surface area contributed by atoms with Crippen molar-refractivity contribution < 1.29 is 24.0 Å². The van der Waals surface area contributed by atoms with E-state index in [2.05, 4.69) is 27.8 Å². The number of urea groups is 1. The van der Waals surface area contributed by atoms with Crippen LogP contribution in [0.25, 0.3) is 0 Å². The van der Waals surface area contributed by atoms with Crippen molar-refractivity contribution in [3.63, 3.8) is 0 Å². The summed E-state index contributed by atoms with van der Waals surface area (Å²) in [5.74, 6) is -2.47. The Morgan fingerprint density at radius 2 is 1.83 bits per heavy atom. The molecule has 4 N–H and O–H groups in total. The molecule has 0 radical (unpaired) electrons. The molecule has 29 heavy (non-hydrogen) atoms. The normalized spacial score (nSPS) is 17.1. The summed E-state index contributed by atoms with van der Waals surface area (Å²) >= 11 is 0. The van der Waals surface area contributed by atoms with Crippen LogP contribution in [0.4, 0.5) is 4.79 Å². The molecule has 1 fully saturated rings. The average Bonchev–Trinajstić information content (AvgIpc) is 3.16. The molecule has 1 rings (SSSR count). The second kappa shape index (κ2) is 10.6. The molecule has 10 nitrogen and oxygen atoms in total. The van der Waals surface area contributed by atoms with E-state index in [-0.39, 0.29) is 12.5 Å². The molecule has 0 aliphatic carbocycles. The number of likely N-dealkylation sites (tertiary alicyclic amines) is 1. The predicted molar refractivity (Wildman–Crippen MR) is 107 cm³/mol. The van der Waals surface area contributed by atoms with Crippen molar-refractivity contribution in [2.45, 2.75) is 45.7 Å². The second-order valence-electron chi connectivity index (χ2n) is 7.85. The summed E-state index contributed by atoms with van der Waals surface area (Å²) in [7, 11) is 1.45. The van der Waals surface area contributed by atoms with E-state index in [1.807, 2.05) is 20.8 Å². The summed E-state index contributed by atoms with van der Waals surface area (Å²) in [6.07, 6.45) is 2.49. The van der Waals surface area contributed by atoms with Gasteiger partial charge in [0.05, 0.1) is 6.54 Å². The molecule has 0 aromatic carbocycles. The van der Waals surface area contributed by atoms with Crippen molar-refractivity contribution in [1.82, 2.24) is 26.2 Å². The third kappa shape index (κ3) is 6.88. The maximum Gasteiger partial charge on any atom is 0.315 e. The SMILES string of the molecule is C=CCNC(=O)C(=O)CNC(=O)C1CCCN1C(=O)C(NC(=O)NC)C(C)(C)C. The number of carbonyl (C=O) groups is 5. The van der Waals surface area contributed by atoms with Crippen LogP contribution in [0.5, 0.6) is 0 Å². The van der Waals surface area contributed by atoms with Gasteiger partial charge in [-0.05, 0) is 18.3 Å². The molecule has 0 aromatic rings. The molecule has 0 aromatic heterocycles. The first kappa shape index (κ1) is 24.1. The minimum absolute atomic E-state index is 0.149. The van der Waals surface area contributed by atoms with Gasteiger partial charge in [0.25, 0.3) is 5.91 Å². The van der Waals surface area contributed by atoms with E-state index in [1.54, 1.807) is 0 Å². The molecule has 1 saturated heterocycles. The van der Waals surface area contributed by atoms with Crippen molar-refractivity contribution in [2.24, 2.45) is 5.41 Å². The lowest BCUT2D eigenvalue weighted by molar-refractivity contribution is -0.142. The van der Waals surface area contributed by atoms with Gasteiger partial charge in [0.15, 0.2) is 0 Å². The van der Waals surface area contributed by atoms with Gasteiger partial charge in [-0.2, -0.15) is 0 Å². The Morgan fingerprint density at radius 1 is 1.17 bits per heavy atom. The highest BCUT2D eigenvalue weighted by atomic mass is 16.2. The third-order valence-corrected chi connectivity index (χ3v) is 4.54. The first-order chi connectivity index (χ1) is 13.5. The lowest BCUT2D eigenvalue weighted by Gasteiger charge is -2.35. The number of nitrogens with zero attached hydrogens (tertiary/aromatic N) is 1. The Kier molecular flexibility index (Phi) is 8.81. The Hall–Kier alpha value is -2.91. The summed E-state index contributed by atoms with van der Waals surface area (Å²) in [6, 6.07) is -2.08. The van der Waals surface area contributed by atoms with Gasteiger partial charge < -0.3 is 26.2 Å². The maximum atomic E-state index is 13.1. The number of ketones is 1. The molecule has 1 aliphatic heterocycles. The Labute approximate surface area is 170 Å². The van der Waals surface area contributed by atoms with Crippen LogP contribution in [-0.4, -0.2) is 73.2 Å². The molecule has 2 unspecified atom stereocenters. The predicted octanol–water partition coefficient (Wildman–Crippen LogP) is -0.691. The van der Waals surface area contributed by atoms with Crippen LogP contribution < -0.4 is 21.3 Å². The molecule has 0 bridgehead atoms. The van der Waals surface area contributed by atoms with Gasteiger partial charge in [-0.25, -0.2) is 4.79 Å². The van der Waals surface area contributed by atoms with Gasteiger partial charge in [0, 0.05) is 20.1 Å². The van der Waals surface area contributed by atoms with Crippen molar-refractivity contribution in [3.8, 4) is 0 Å². The number of Topliss-reactive ketones (excluding diaryl/α,β-unsaturated/α-hetero) is 1. The summed E-state index contributed by atoms with van der Waals surface area (Å²) in [6.45, 7) is 8.94. The van der Waals surface area contributed by atoms with Crippen LogP contribution in [0.2, 0.25) is 0 Å².